The van der Waals surface area contributed by atoms with E-state index < -0.39 is 0 Å². The number of hydrogen-bond donors (Lipinski definition) is 2. The van der Waals surface area contributed by atoms with Gasteiger partial charge in [0.05, 0.1) is 20.2 Å². The molecule has 0 bridgehead atoms. The van der Waals surface area contributed by atoms with Gasteiger partial charge in [-0.15, -0.1) is 0 Å². The number of benzene rings is 1. The summed E-state index contributed by atoms with van der Waals surface area (Å²) in [4.78, 5) is 28.3. The van der Waals surface area contributed by atoms with E-state index in [2.05, 4.69) is 20.4 Å². The van der Waals surface area contributed by atoms with E-state index in [1.165, 1.54) is 0 Å². The first-order chi connectivity index (χ1) is 12.6. The molecule has 0 unspecified atom stereocenters. The van der Waals surface area contributed by atoms with Crippen molar-refractivity contribution < 1.29 is 14.3 Å². The number of ether oxygens (including phenoxy) is 1. The minimum Gasteiger partial charge on any atom is -0.497 e. The molecule has 1 saturated heterocycles. The number of carbonyl (C=O) groups is 2. The van der Waals surface area contributed by atoms with Crippen LogP contribution in [0.2, 0.25) is 0 Å². The van der Waals surface area contributed by atoms with Gasteiger partial charge in [0.1, 0.15) is 5.75 Å². The third-order valence-corrected chi connectivity index (χ3v) is 4.77. The summed E-state index contributed by atoms with van der Waals surface area (Å²) in [5.41, 5.74) is 1.02. The molecule has 2 amide bonds. The number of nitrogens with one attached hydrogen (secondary N) is 2. The Kier molecular flexibility index (Phi) is 6.46. The fraction of sp³-hybridized carbons (Fsp3) is 0.579. The molecular formula is C19H28N4O3. The van der Waals surface area contributed by atoms with Gasteiger partial charge in [-0.05, 0) is 30.5 Å². The highest BCUT2D eigenvalue weighted by Gasteiger charge is 2.25. The summed E-state index contributed by atoms with van der Waals surface area (Å²) in [5, 5.41) is 5.97. The molecule has 2 fully saturated rings. The molecule has 2 N–H and O–H groups in total. The van der Waals surface area contributed by atoms with Gasteiger partial charge in [0, 0.05) is 38.8 Å². The molecule has 0 atom stereocenters. The molecule has 2 aliphatic rings. The van der Waals surface area contributed by atoms with Crippen molar-refractivity contribution in [1.29, 1.82) is 0 Å². The zero-order chi connectivity index (χ0) is 18.4. The van der Waals surface area contributed by atoms with Crippen LogP contribution < -0.4 is 15.4 Å². The van der Waals surface area contributed by atoms with Gasteiger partial charge in [-0.2, -0.15) is 0 Å². The Hall–Kier alpha value is -2.12. The number of piperazine rings is 1. The summed E-state index contributed by atoms with van der Waals surface area (Å²) in [6.45, 7) is 4.62. The van der Waals surface area contributed by atoms with Crippen LogP contribution in [0.15, 0.2) is 24.3 Å². The van der Waals surface area contributed by atoms with Gasteiger partial charge in [0.2, 0.25) is 11.8 Å². The first-order valence-electron chi connectivity index (χ1n) is 9.26. The SMILES string of the molecule is COc1cccc(CNC(=O)CN2CCN(CC(=O)NC3CC3)CC2)c1. The smallest absolute Gasteiger partial charge is 0.234 e. The lowest BCUT2D eigenvalue weighted by molar-refractivity contribution is -0.125. The molecule has 0 aromatic heterocycles. The third-order valence-electron chi connectivity index (χ3n) is 4.77. The molecule has 0 spiro atoms. The van der Waals surface area contributed by atoms with Crippen LogP contribution in [0.4, 0.5) is 0 Å². The molecule has 1 aliphatic heterocycles. The van der Waals surface area contributed by atoms with Crippen LogP contribution in [-0.4, -0.2) is 74.0 Å². The van der Waals surface area contributed by atoms with Crippen molar-refractivity contribution in [3.63, 3.8) is 0 Å². The van der Waals surface area contributed by atoms with Gasteiger partial charge in [-0.25, -0.2) is 0 Å². The Balaban J connectivity index is 1.33. The Labute approximate surface area is 154 Å². The van der Waals surface area contributed by atoms with Crippen LogP contribution in [0.1, 0.15) is 18.4 Å². The fourth-order valence-electron chi connectivity index (χ4n) is 3.05. The zero-order valence-electron chi connectivity index (χ0n) is 15.4. The van der Waals surface area contributed by atoms with E-state index in [9.17, 15) is 9.59 Å². The highest BCUT2D eigenvalue weighted by molar-refractivity contribution is 5.79. The second-order valence-corrected chi connectivity index (χ2v) is 7.02. The number of nitrogens with zero attached hydrogens (tertiary/aromatic N) is 2. The molecular weight excluding hydrogens is 332 g/mol. The van der Waals surface area contributed by atoms with Crippen molar-refractivity contribution in [3.8, 4) is 5.75 Å². The molecule has 1 heterocycles. The Morgan fingerprint density at radius 1 is 1.08 bits per heavy atom. The van der Waals surface area contributed by atoms with Crippen LogP contribution in [0, 0.1) is 0 Å². The van der Waals surface area contributed by atoms with Gasteiger partial charge in [-0.1, -0.05) is 12.1 Å². The van der Waals surface area contributed by atoms with E-state index in [0.717, 1.165) is 50.3 Å². The number of carbonyl (C=O) groups excluding carboxylic acids is 2. The topological polar surface area (TPSA) is 73.9 Å². The molecule has 1 saturated carbocycles. The van der Waals surface area contributed by atoms with Gasteiger partial charge in [0.25, 0.3) is 0 Å². The average Bonchev–Trinajstić information content (AvgIpc) is 3.45. The van der Waals surface area contributed by atoms with Crippen molar-refractivity contribution in [1.82, 2.24) is 20.4 Å². The molecule has 7 heteroatoms. The summed E-state index contributed by atoms with van der Waals surface area (Å²) in [7, 11) is 1.63. The van der Waals surface area contributed by atoms with E-state index in [1.54, 1.807) is 7.11 Å². The lowest BCUT2D eigenvalue weighted by Crippen LogP contribution is -2.51. The Morgan fingerprint density at radius 3 is 2.35 bits per heavy atom. The molecule has 1 aromatic carbocycles. The molecule has 0 radical (unpaired) electrons. The van der Waals surface area contributed by atoms with Crippen LogP contribution in [0.5, 0.6) is 5.75 Å². The minimum atomic E-state index is 0.0211. The Bertz CT molecular complexity index is 625. The maximum absolute atomic E-state index is 12.2. The maximum Gasteiger partial charge on any atom is 0.234 e. The molecule has 3 rings (SSSR count). The van der Waals surface area contributed by atoms with Crippen LogP contribution in [-0.2, 0) is 16.1 Å². The number of amides is 2. The molecule has 7 nitrogen and oxygen atoms in total. The molecule has 26 heavy (non-hydrogen) atoms. The normalized spacial score (nSPS) is 18.3. The molecule has 1 aliphatic carbocycles. The predicted molar refractivity (Wildman–Crippen MR) is 98.9 cm³/mol. The summed E-state index contributed by atoms with van der Waals surface area (Å²) >= 11 is 0. The van der Waals surface area contributed by atoms with Gasteiger partial charge in [0.15, 0.2) is 0 Å². The van der Waals surface area contributed by atoms with Gasteiger partial charge >= 0.3 is 0 Å². The first kappa shape index (κ1) is 18.7. The van der Waals surface area contributed by atoms with E-state index >= 15 is 0 Å². The van der Waals surface area contributed by atoms with E-state index in [0.29, 0.717) is 25.7 Å². The van der Waals surface area contributed by atoms with Gasteiger partial charge in [-0.3, -0.25) is 19.4 Å². The molecule has 142 valence electrons. The predicted octanol–water partition coefficient (Wildman–Crippen LogP) is 0.208. The summed E-state index contributed by atoms with van der Waals surface area (Å²) < 4.78 is 5.19. The quantitative estimate of drug-likeness (QED) is 0.693. The summed E-state index contributed by atoms with van der Waals surface area (Å²) in [6, 6.07) is 8.10. The second kappa shape index (κ2) is 9.00. The highest BCUT2D eigenvalue weighted by atomic mass is 16.5. The lowest BCUT2D eigenvalue weighted by atomic mass is 10.2. The molecule has 1 aromatic rings. The van der Waals surface area contributed by atoms with Crippen LogP contribution >= 0.6 is 0 Å². The van der Waals surface area contributed by atoms with Crippen molar-refractivity contribution in [3.05, 3.63) is 29.8 Å². The van der Waals surface area contributed by atoms with E-state index in [-0.39, 0.29) is 11.8 Å². The van der Waals surface area contributed by atoms with Crippen molar-refractivity contribution in [2.24, 2.45) is 0 Å². The summed E-state index contributed by atoms with van der Waals surface area (Å²) in [6.07, 6.45) is 2.23. The summed E-state index contributed by atoms with van der Waals surface area (Å²) in [5.74, 6) is 0.934. The fourth-order valence-corrected chi connectivity index (χ4v) is 3.05. The van der Waals surface area contributed by atoms with Crippen LogP contribution in [0.25, 0.3) is 0 Å². The Morgan fingerprint density at radius 2 is 1.73 bits per heavy atom. The highest BCUT2D eigenvalue weighted by Crippen LogP contribution is 2.18. The largest absolute Gasteiger partial charge is 0.497 e. The van der Waals surface area contributed by atoms with E-state index in [4.69, 9.17) is 4.74 Å². The average molecular weight is 360 g/mol. The van der Waals surface area contributed by atoms with Crippen molar-refractivity contribution in [2.75, 3.05) is 46.4 Å². The number of rotatable bonds is 8. The zero-order valence-corrected chi connectivity index (χ0v) is 15.4. The van der Waals surface area contributed by atoms with Gasteiger partial charge < -0.3 is 15.4 Å². The number of methoxy groups -OCH3 is 1. The van der Waals surface area contributed by atoms with Crippen molar-refractivity contribution in [2.45, 2.75) is 25.4 Å². The standard InChI is InChI=1S/C19H28N4O3/c1-26-17-4-2-3-15(11-17)12-20-18(24)13-22-7-9-23(10-8-22)14-19(25)21-16-5-6-16/h2-4,11,16H,5-10,12-14H2,1H3,(H,20,24)(H,21,25). The number of hydrogen-bond acceptors (Lipinski definition) is 5. The van der Waals surface area contributed by atoms with Crippen LogP contribution in [0.3, 0.4) is 0 Å². The third kappa shape index (κ3) is 6.00. The minimum absolute atomic E-state index is 0.0211. The van der Waals surface area contributed by atoms with E-state index in [1.807, 2.05) is 24.3 Å². The second-order valence-electron chi connectivity index (χ2n) is 7.02. The van der Waals surface area contributed by atoms with Crippen molar-refractivity contribution >= 4 is 11.8 Å². The maximum atomic E-state index is 12.2. The first-order valence-corrected chi connectivity index (χ1v) is 9.26. The lowest BCUT2D eigenvalue weighted by Gasteiger charge is -2.33. The monoisotopic (exact) mass is 360 g/mol.